The Morgan fingerprint density at radius 1 is 1.62 bits per heavy atom. The van der Waals surface area contributed by atoms with Gasteiger partial charge in [0.2, 0.25) is 0 Å². The van der Waals surface area contributed by atoms with Crippen molar-refractivity contribution in [3.8, 4) is 0 Å². The van der Waals surface area contributed by atoms with Crippen LogP contribution in [0.1, 0.15) is 12.5 Å². The predicted molar refractivity (Wildman–Crippen MR) is 64.0 cm³/mol. The van der Waals surface area contributed by atoms with Gasteiger partial charge in [-0.05, 0) is 14.0 Å². The van der Waals surface area contributed by atoms with Crippen molar-refractivity contribution in [3.05, 3.63) is 18.0 Å². The number of nitrogens with two attached hydrogens (primary N) is 1. The van der Waals surface area contributed by atoms with Gasteiger partial charge in [-0.25, -0.2) is 0 Å². The molecule has 16 heavy (non-hydrogen) atoms. The Bertz CT molecular complexity index is 326. The van der Waals surface area contributed by atoms with Crippen molar-refractivity contribution in [2.75, 3.05) is 27.3 Å². The maximum absolute atomic E-state index is 5.81. The van der Waals surface area contributed by atoms with Crippen LogP contribution in [0.2, 0.25) is 0 Å². The van der Waals surface area contributed by atoms with Gasteiger partial charge in [-0.2, -0.15) is 5.10 Å². The SMILES string of the molecule is COCC(C)(CN)N(C)Cc1cnn(C)c1. The number of aryl methyl sites for hydroxylation is 1. The number of rotatable bonds is 6. The molecule has 1 aromatic rings. The summed E-state index contributed by atoms with van der Waals surface area (Å²) < 4.78 is 7.02. The molecule has 1 aromatic heterocycles. The highest BCUT2D eigenvalue weighted by Gasteiger charge is 2.27. The molecule has 0 spiro atoms. The summed E-state index contributed by atoms with van der Waals surface area (Å²) in [5.41, 5.74) is 6.86. The second-order valence-corrected chi connectivity index (χ2v) is 4.51. The van der Waals surface area contributed by atoms with E-state index in [1.807, 2.05) is 19.4 Å². The van der Waals surface area contributed by atoms with E-state index in [0.29, 0.717) is 13.2 Å². The fourth-order valence-corrected chi connectivity index (χ4v) is 1.65. The molecule has 92 valence electrons. The molecular weight excluding hydrogens is 204 g/mol. The number of methoxy groups -OCH3 is 1. The molecule has 5 nitrogen and oxygen atoms in total. The van der Waals surface area contributed by atoms with E-state index >= 15 is 0 Å². The van der Waals surface area contributed by atoms with E-state index in [9.17, 15) is 0 Å². The Morgan fingerprint density at radius 2 is 2.31 bits per heavy atom. The average Bonchev–Trinajstić information content (AvgIpc) is 2.64. The molecule has 1 unspecified atom stereocenters. The van der Waals surface area contributed by atoms with Crippen LogP contribution >= 0.6 is 0 Å². The molecule has 0 aromatic carbocycles. The molecule has 0 fully saturated rings. The van der Waals surface area contributed by atoms with Crippen molar-refractivity contribution in [1.82, 2.24) is 14.7 Å². The highest BCUT2D eigenvalue weighted by molar-refractivity contribution is 5.04. The van der Waals surface area contributed by atoms with E-state index in [4.69, 9.17) is 10.5 Å². The zero-order valence-corrected chi connectivity index (χ0v) is 10.6. The third kappa shape index (κ3) is 3.04. The molecule has 1 heterocycles. The Morgan fingerprint density at radius 3 is 2.75 bits per heavy atom. The lowest BCUT2D eigenvalue weighted by molar-refractivity contribution is 0.0390. The van der Waals surface area contributed by atoms with Gasteiger partial charge in [-0.15, -0.1) is 0 Å². The minimum atomic E-state index is -0.134. The highest BCUT2D eigenvalue weighted by Crippen LogP contribution is 2.15. The number of ether oxygens (including phenoxy) is 1. The van der Waals surface area contributed by atoms with Crippen LogP contribution in [0.3, 0.4) is 0 Å². The summed E-state index contributed by atoms with van der Waals surface area (Å²) in [7, 11) is 5.67. The summed E-state index contributed by atoms with van der Waals surface area (Å²) in [6.45, 7) is 4.12. The Balaban J connectivity index is 2.65. The zero-order chi connectivity index (χ0) is 12.2. The van der Waals surface area contributed by atoms with Crippen LogP contribution in [0.5, 0.6) is 0 Å². The predicted octanol–water partition coefficient (Wildman–Crippen LogP) is 0.216. The van der Waals surface area contributed by atoms with Gasteiger partial charge >= 0.3 is 0 Å². The highest BCUT2D eigenvalue weighted by atomic mass is 16.5. The van der Waals surface area contributed by atoms with E-state index < -0.39 is 0 Å². The largest absolute Gasteiger partial charge is 0.383 e. The van der Waals surface area contributed by atoms with E-state index in [0.717, 1.165) is 6.54 Å². The molecule has 0 radical (unpaired) electrons. The third-order valence-electron chi connectivity index (χ3n) is 2.99. The van der Waals surface area contributed by atoms with Gasteiger partial charge in [-0.1, -0.05) is 0 Å². The monoisotopic (exact) mass is 226 g/mol. The molecule has 1 rings (SSSR count). The standard InChI is InChI=1S/C11H22N4O/c1-11(8-12,9-16-4)14(2)6-10-5-13-15(3)7-10/h5,7H,6,8-9,12H2,1-4H3. The first kappa shape index (κ1) is 13.2. The van der Waals surface area contributed by atoms with E-state index in [-0.39, 0.29) is 5.54 Å². The van der Waals surface area contributed by atoms with Crippen molar-refractivity contribution in [2.45, 2.75) is 19.0 Å². The van der Waals surface area contributed by atoms with Gasteiger partial charge < -0.3 is 10.5 Å². The average molecular weight is 226 g/mol. The van der Waals surface area contributed by atoms with Gasteiger partial charge in [0.05, 0.1) is 18.3 Å². The number of nitrogens with zero attached hydrogens (tertiary/aromatic N) is 3. The van der Waals surface area contributed by atoms with Crippen molar-refractivity contribution >= 4 is 0 Å². The van der Waals surface area contributed by atoms with Gasteiger partial charge in [0.15, 0.2) is 0 Å². The molecule has 0 aliphatic rings. The zero-order valence-electron chi connectivity index (χ0n) is 10.6. The smallest absolute Gasteiger partial charge is 0.0656 e. The molecule has 0 aliphatic carbocycles. The molecule has 2 N–H and O–H groups in total. The molecule has 0 amide bonds. The van der Waals surface area contributed by atoms with Crippen molar-refractivity contribution < 1.29 is 4.74 Å². The van der Waals surface area contributed by atoms with Crippen LogP contribution in [-0.2, 0) is 18.3 Å². The molecule has 5 heteroatoms. The lowest BCUT2D eigenvalue weighted by Crippen LogP contribution is -2.52. The number of likely N-dealkylation sites (N-methyl/N-ethyl adjacent to an activating group) is 1. The fraction of sp³-hybridized carbons (Fsp3) is 0.727. The van der Waals surface area contributed by atoms with E-state index in [1.165, 1.54) is 5.56 Å². The Hall–Kier alpha value is -0.910. The maximum atomic E-state index is 5.81. The van der Waals surface area contributed by atoms with Gasteiger partial charge in [0.25, 0.3) is 0 Å². The van der Waals surface area contributed by atoms with Gasteiger partial charge in [-0.3, -0.25) is 9.58 Å². The van der Waals surface area contributed by atoms with Crippen molar-refractivity contribution in [2.24, 2.45) is 12.8 Å². The van der Waals surface area contributed by atoms with Crippen LogP contribution in [0.4, 0.5) is 0 Å². The first-order valence-corrected chi connectivity index (χ1v) is 5.39. The summed E-state index contributed by atoms with van der Waals surface area (Å²) in [5, 5.41) is 4.15. The van der Waals surface area contributed by atoms with E-state index in [1.54, 1.807) is 11.8 Å². The van der Waals surface area contributed by atoms with Crippen LogP contribution in [0, 0.1) is 0 Å². The van der Waals surface area contributed by atoms with Crippen LogP contribution in [0.25, 0.3) is 0 Å². The normalized spacial score (nSPS) is 15.4. The molecule has 0 aliphatic heterocycles. The van der Waals surface area contributed by atoms with Crippen LogP contribution in [-0.4, -0.2) is 47.5 Å². The minimum Gasteiger partial charge on any atom is -0.383 e. The summed E-state index contributed by atoms with van der Waals surface area (Å²) in [6, 6.07) is 0. The van der Waals surface area contributed by atoms with Crippen LogP contribution < -0.4 is 5.73 Å². The van der Waals surface area contributed by atoms with Gasteiger partial charge in [0, 0.05) is 39.0 Å². The summed E-state index contributed by atoms with van der Waals surface area (Å²) >= 11 is 0. The Kier molecular flexibility index (Phi) is 4.46. The Labute approximate surface area is 97.2 Å². The van der Waals surface area contributed by atoms with E-state index in [2.05, 4.69) is 24.0 Å². The fourth-order valence-electron chi connectivity index (χ4n) is 1.65. The van der Waals surface area contributed by atoms with Gasteiger partial charge in [0.1, 0.15) is 0 Å². The molecule has 0 saturated heterocycles. The van der Waals surface area contributed by atoms with Crippen LogP contribution in [0.15, 0.2) is 12.4 Å². The number of hydrogen-bond acceptors (Lipinski definition) is 4. The quantitative estimate of drug-likeness (QED) is 0.753. The third-order valence-corrected chi connectivity index (χ3v) is 2.99. The van der Waals surface area contributed by atoms with Crippen molar-refractivity contribution in [1.29, 1.82) is 0 Å². The molecule has 1 atom stereocenters. The number of hydrogen-bond donors (Lipinski definition) is 1. The number of aromatic nitrogens is 2. The second kappa shape index (κ2) is 5.43. The lowest BCUT2D eigenvalue weighted by atomic mass is 10.0. The lowest BCUT2D eigenvalue weighted by Gasteiger charge is -2.37. The first-order valence-electron chi connectivity index (χ1n) is 5.39. The molecule has 0 saturated carbocycles. The molecule has 0 bridgehead atoms. The van der Waals surface area contributed by atoms with Crippen molar-refractivity contribution in [3.63, 3.8) is 0 Å². The maximum Gasteiger partial charge on any atom is 0.0656 e. The summed E-state index contributed by atoms with van der Waals surface area (Å²) in [4.78, 5) is 2.20. The first-order chi connectivity index (χ1) is 7.51. The minimum absolute atomic E-state index is 0.134. The topological polar surface area (TPSA) is 56.3 Å². The summed E-state index contributed by atoms with van der Waals surface area (Å²) in [5.74, 6) is 0. The second-order valence-electron chi connectivity index (χ2n) is 4.51. The summed E-state index contributed by atoms with van der Waals surface area (Å²) in [6.07, 6.45) is 3.89. The molecular formula is C11H22N4O.